The lowest BCUT2D eigenvalue weighted by Crippen LogP contribution is -2.61. The van der Waals surface area contributed by atoms with Gasteiger partial charge in [0.2, 0.25) is 0 Å². The quantitative estimate of drug-likeness (QED) is 0.301. The number of aliphatic hydroxyl groups is 5. The normalized spacial score (nSPS) is 62.2. The van der Waals surface area contributed by atoms with Crippen LogP contribution in [-0.2, 0) is 18.9 Å². The summed E-state index contributed by atoms with van der Waals surface area (Å²) in [6, 6.07) is 0. The van der Waals surface area contributed by atoms with Crippen LogP contribution in [0.15, 0.2) is 0 Å². The first-order valence-electron chi connectivity index (χ1n) is 17.4. The van der Waals surface area contributed by atoms with E-state index in [1.54, 1.807) is 0 Å². The maximum atomic E-state index is 12.6. The van der Waals surface area contributed by atoms with Crippen LogP contribution in [0, 0.1) is 50.7 Å². The fraction of sp³-hybridized carbons (Fsp3) is 1.00. The summed E-state index contributed by atoms with van der Waals surface area (Å²) in [5, 5.41) is 54.7. The van der Waals surface area contributed by atoms with Gasteiger partial charge in [-0.15, -0.1) is 0 Å². The van der Waals surface area contributed by atoms with E-state index in [-0.39, 0.29) is 51.6 Å². The second-order valence-corrected chi connectivity index (χ2v) is 18.3. The van der Waals surface area contributed by atoms with Gasteiger partial charge in [0.15, 0.2) is 12.1 Å². The fourth-order valence-corrected chi connectivity index (χ4v) is 14.0. The first-order chi connectivity index (χ1) is 20.4. The zero-order valence-corrected chi connectivity index (χ0v) is 27.7. The van der Waals surface area contributed by atoms with Gasteiger partial charge in [0, 0.05) is 11.3 Å². The number of hydrogen-bond donors (Lipinski definition) is 5. The lowest BCUT2D eigenvalue weighted by Gasteiger charge is -2.63. The van der Waals surface area contributed by atoms with Gasteiger partial charge in [-0.25, -0.2) is 0 Å². The molecule has 0 amide bonds. The molecule has 0 radical (unpaired) electrons. The Morgan fingerprint density at radius 3 is 2.25 bits per heavy atom. The van der Waals surface area contributed by atoms with Crippen molar-refractivity contribution in [2.45, 2.75) is 154 Å². The number of fused-ring (bicyclic) bond motifs is 4. The van der Waals surface area contributed by atoms with E-state index in [0.717, 1.165) is 44.9 Å². The molecule has 9 nitrogen and oxygen atoms in total. The fourth-order valence-electron chi connectivity index (χ4n) is 14.0. The van der Waals surface area contributed by atoms with Crippen LogP contribution < -0.4 is 0 Å². The molecule has 3 saturated heterocycles. The summed E-state index contributed by atoms with van der Waals surface area (Å²) < 4.78 is 25.7. The van der Waals surface area contributed by atoms with Crippen LogP contribution >= 0.6 is 0 Å². The van der Waals surface area contributed by atoms with Crippen LogP contribution in [-0.4, -0.2) is 92.5 Å². The van der Waals surface area contributed by atoms with Crippen molar-refractivity contribution >= 4 is 0 Å². The Morgan fingerprint density at radius 1 is 0.864 bits per heavy atom. The number of ether oxygens (including phenoxy) is 4. The van der Waals surface area contributed by atoms with E-state index in [1.807, 2.05) is 13.8 Å². The minimum atomic E-state index is -1.28. The van der Waals surface area contributed by atoms with Crippen molar-refractivity contribution in [3.8, 4) is 0 Å². The maximum Gasteiger partial charge on any atom is 0.199 e. The molecule has 5 aliphatic carbocycles. The van der Waals surface area contributed by atoms with Gasteiger partial charge in [0.05, 0.1) is 24.9 Å². The predicted molar refractivity (Wildman–Crippen MR) is 159 cm³/mol. The van der Waals surface area contributed by atoms with Gasteiger partial charge >= 0.3 is 0 Å². The van der Waals surface area contributed by atoms with Gasteiger partial charge in [-0.3, -0.25) is 0 Å². The molecule has 2 bridgehead atoms. The number of hydrogen-bond acceptors (Lipinski definition) is 9. The zero-order valence-electron chi connectivity index (χ0n) is 27.7. The van der Waals surface area contributed by atoms with Crippen molar-refractivity contribution in [2.24, 2.45) is 50.7 Å². The van der Waals surface area contributed by atoms with Crippen LogP contribution in [0.4, 0.5) is 0 Å². The third-order valence-corrected chi connectivity index (χ3v) is 16.2. The molecular weight excluding hydrogens is 564 g/mol. The molecule has 5 saturated carbocycles. The van der Waals surface area contributed by atoms with Crippen LogP contribution in [0.25, 0.3) is 0 Å². The average Bonchev–Trinajstić information content (AvgIpc) is 3.45. The Balaban J connectivity index is 1.10. The highest BCUT2D eigenvalue weighted by atomic mass is 16.8. The molecular formula is C35H56O9. The summed E-state index contributed by atoms with van der Waals surface area (Å²) in [5.41, 5.74) is -2.24. The van der Waals surface area contributed by atoms with Crippen LogP contribution in [0.2, 0.25) is 0 Å². The molecule has 0 aromatic carbocycles. The minimum absolute atomic E-state index is 0.0562. The molecule has 0 aromatic heterocycles. The summed E-state index contributed by atoms with van der Waals surface area (Å²) in [6.45, 7) is 15.6. The second kappa shape index (κ2) is 8.80. The molecule has 16 atom stereocenters. The van der Waals surface area contributed by atoms with Crippen molar-refractivity contribution in [2.75, 3.05) is 13.2 Å². The lowest BCUT2D eigenvalue weighted by atomic mass is 9.41. The summed E-state index contributed by atoms with van der Waals surface area (Å²) in [5.74, 6) is 0.0178. The highest BCUT2D eigenvalue weighted by molar-refractivity contribution is 5.34. The molecule has 8 aliphatic rings. The first kappa shape index (κ1) is 30.9. The van der Waals surface area contributed by atoms with Gasteiger partial charge in [-0.1, -0.05) is 34.6 Å². The molecule has 0 unspecified atom stereocenters. The SMILES string of the molecule is C[C@@H]1C[C@]2(C(C)(C)O)CO[C@]3(O2)[C@H](O)[C@@]2(C)[C@H]4CC[C@H]5C(C)(C)[C@@H](O[C@@H]6OC[C@@H](O)[C@H](O)[C@H]6O)CC[C@@]56C[C@@]46CC[C@]2(C)[C@@H]13. The number of aliphatic hydroxyl groups excluding tert-OH is 4. The van der Waals surface area contributed by atoms with Gasteiger partial charge in [-0.05, 0) is 105 Å². The Labute approximate surface area is 262 Å². The highest BCUT2D eigenvalue weighted by Gasteiger charge is 2.88. The molecule has 44 heavy (non-hydrogen) atoms. The average molecular weight is 621 g/mol. The summed E-state index contributed by atoms with van der Waals surface area (Å²) in [7, 11) is 0. The molecule has 0 aromatic rings. The highest BCUT2D eigenvalue weighted by Crippen LogP contribution is 2.90. The van der Waals surface area contributed by atoms with Gasteiger partial charge < -0.3 is 44.5 Å². The van der Waals surface area contributed by atoms with Crippen LogP contribution in [0.1, 0.15) is 99.8 Å². The topological polar surface area (TPSA) is 138 Å². The van der Waals surface area contributed by atoms with E-state index in [4.69, 9.17) is 18.9 Å². The lowest BCUT2D eigenvalue weighted by molar-refractivity contribution is -0.311. The molecule has 8 rings (SSSR count). The second-order valence-electron chi connectivity index (χ2n) is 18.3. The number of rotatable bonds is 3. The third-order valence-electron chi connectivity index (χ3n) is 16.2. The first-order valence-corrected chi connectivity index (χ1v) is 17.4. The van der Waals surface area contributed by atoms with Crippen molar-refractivity contribution in [1.29, 1.82) is 0 Å². The van der Waals surface area contributed by atoms with E-state index < -0.39 is 47.7 Å². The zero-order chi connectivity index (χ0) is 31.7. The van der Waals surface area contributed by atoms with Crippen LogP contribution in [0.5, 0.6) is 0 Å². The standard InChI is InChI=1S/C35H56O9/c1-18-14-34(29(4,5)40)17-42-35(44-34)25(18)30(6)12-13-33-16-32(33)11-10-22(43-26-24(38)23(37)19(36)15-41-26)28(2,3)20(32)8-9-21(33)31(30,7)27(35)39/h18-27,36-40H,8-17H2,1-7H3/t18-,19-,20+,21-,22+,23+,24-,25-,26+,27-,30-,31-,32-,33+,34-,35-/m1/s1. The third kappa shape index (κ3) is 3.24. The Bertz CT molecular complexity index is 1220. The molecule has 3 aliphatic heterocycles. The van der Waals surface area contributed by atoms with E-state index in [1.165, 1.54) is 6.42 Å². The molecule has 9 heteroatoms. The minimum Gasteiger partial charge on any atom is -0.388 e. The largest absolute Gasteiger partial charge is 0.388 e. The van der Waals surface area contributed by atoms with Gasteiger partial charge in [-0.2, -0.15) is 0 Å². The van der Waals surface area contributed by atoms with Crippen molar-refractivity contribution in [1.82, 2.24) is 0 Å². The summed E-state index contributed by atoms with van der Waals surface area (Å²) in [4.78, 5) is 0. The Kier molecular flexibility index (Phi) is 6.19. The van der Waals surface area contributed by atoms with Crippen LogP contribution in [0.3, 0.4) is 0 Å². The summed E-state index contributed by atoms with van der Waals surface area (Å²) in [6.07, 6.45) is 2.54. The summed E-state index contributed by atoms with van der Waals surface area (Å²) >= 11 is 0. The monoisotopic (exact) mass is 620 g/mol. The van der Waals surface area contributed by atoms with E-state index in [9.17, 15) is 25.5 Å². The molecule has 3 spiro atoms. The van der Waals surface area contributed by atoms with E-state index >= 15 is 0 Å². The van der Waals surface area contributed by atoms with E-state index in [0.29, 0.717) is 18.4 Å². The van der Waals surface area contributed by atoms with Gasteiger partial charge in [0.25, 0.3) is 0 Å². The smallest absolute Gasteiger partial charge is 0.199 e. The van der Waals surface area contributed by atoms with Gasteiger partial charge in [0.1, 0.15) is 30.0 Å². The maximum absolute atomic E-state index is 12.6. The molecule has 250 valence electrons. The Hall–Kier alpha value is -0.360. The van der Waals surface area contributed by atoms with Crippen molar-refractivity contribution in [3.63, 3.8) is 0 Å². The predicted octanol–water partition coefficient (Wildman–Crippen LogP) is 3.12. The Morgan fingerprint density at radius 2 is 1.55 bits per heavy atom. The molecule has 8 fully saturated rings. The molecule has 5 N–H and O–H groups in total. The van der Waals surface area contributed by atoms with E-state index in [2.05, 4.69) is 34.6 Å². The van der Waals surface area contributed by atoms with Crippen molar-refractivity contribution < 1.29 is 44.5 Å². The van der Waals surface area contributed by atoms with Crippen molar-refractivity contribution in [3.05, 3.63) is 0 Å². The molecule has 3 heterocycles.